The molecule has 0 radical (unpaired) electrons. The van der Waals surface area contributed by atoms with Crippen LogP contribution in [0, 0.1) is 6.92 Å². The highest BCUT2D eigenvalue weighted by Gasteiger charge is 2.18. The van der Waals surface area contributed by atoms with Crippen molar-refractivity contribution in [2.45, 2.75) is 6.92 Å². The number of halogens is 1. The standard InChI is InChI=1S/C16H12ClN5O/c1-9-18-16-19-12-7-8-21(2)15(23)13(12)14(22(16)20-9)10-5-3-4-6-11(10)17/h3-8H,1-2H3. The molecule has 0 atom stereocenters. The van der Waals surface area contributed by atoms with Gasteiger partial charge in [-0.3, -0.25) is 4.79 Å². The molecule has 114 valence electrons. The number of rotatable bonds is 1. The van der Waals surface area contributed by atoms with Crippen LogP contribution in [-0.2, 0) is 7.05 Å². The van der Waals surface area contributed by atoms with Crippen LogP contribution in [0.15, 0.2) is 41.3 Å². The molecule has 0 spiro atoms. The second-order valence-electron chi connectivity index (χ2n) is 5.30. The van der Waals surface area contributed by atoms with Crippen molar-refractivity contribution in [3.8, 4) is 11.3 Å². The first-order chi connectivity index (χ1) is 11.1. The normalized spacial score (nSPS) is 11.4. The average molecular weight is 326 g/mol. The molecule has 7 heteroatoms. The van der Waals surface area contributed by atoms with E-state index >= 15 is 0 Å². The Bertz CT molecular complexity index is 1130. The highest BCUT2D eigenvalue weighted by molar-refractivity contribution is 6.33. The van der Waals surface area contributed by atoms with E-state index in [9.17, 15) is 4.79 Å². The van der Waals surface area contributed by atoms with Crippen LogP contribution in [0.1, 0.15) is 5.82 Å². The van der Waals surface area contributed by atoms with Crippen molar-refractivity contribution < 1.29 is 0 Å². The van der Waals surface area contributed by atoms with Gasteiger partial charge in [0.1, 0.15) is 5.82 Å². The summed E-state index contributed by atoms with van der Waals surface area (Å²) >= 11 is 6.37. The molecule has 0 aliphatic rings. The fourth-order valence-electron chi connectivity index (χ4n) is 2.68. The van der Waals surface area contributed by atoms with Crippen molar-refractivity contribution in [1.82, 2.24) is 24.1 Å². The average Bonchev–Trinajstić information content (AvgIpc) is 2.90. The molecule has 6 nitrogen and oxygen atoms in total. The first-order valence-electron chi connectivity index (χ1n) is 7.04. The molecule has 0 unspecified atom stereocenters. The van der Waals surface area contributed by atoms with E-state index in [2.05, 4.69) is 15.1 Å². The Kier molecular flexibility index (Phi) is 2.96. The molecule has 0 aliphatic carbocycles. The number of hydrogen-bond donors (Lipinski definition) is 0. The van der Waals surface area contributed by atoms with Crippen molar-refractivity contribution in [2.24, 2.45) is 7.05 Å². The molecule has 4 aromatic rings. The summed E-state index contributed by atoms with van der Waals surface area (Å²) in [6, 6.07) is 9.15. The van der Waals surface area contributed by atoms with Gasteiger partial charge in [0.15, 0.2) is 0 Å². The zero-order chi connectivity index (χ0) is 16.1. The van der Waals surface area contributed by atoms with Gasteiger partial charge in [-0.25, -0.2) is 4.98 Å². The fraction of sp³-hybridized carbons (Fsp3) is 0.125. The third-order valence-electron chi connectivity index (χ3n) is 3.74. The monoisotopic (exact) mass is 325 g/mol. The summed E-state index contributed by atoms with van der Waals surface area (Å²) in [4.78, 5) is 21.5. The number of benzene rings is 1. The second-order valence-corrected chi connectivity index (χ2v) is 5.71. The first kappa shape index (κ1) is 13.9. The third-order valence-corrected chi connectivity index (χ3v) is 4.07. The summed E-state index contributed by atoms with van der Waals surface area (Å²) in [6.45, 7) is 1.79. The van der Waals surface area contributed by atoms with Gasteiger partial charge in [-0.05, 0) is 19.1 Å². The van der Waals surface area contributed by atoms with E-state index in [1.807, 2.05) is 18.2 Å². The number of aromatic nitrogens is 5. The van der Waals surface area contributed by atoms with Crippen LogP contribution < -0.4 is 5.56 Å². The van der Waals surface area contributed by atoms with Gasteiger partial charge in [-0.15, -0.1) is 5.10 Å². The minimum Gasteiger partial charge on any atom is -0.318 e. The van der Waals surface area contributed by atoms with Gasteiger partial charge in [-0.2, -0.15) is 9.50 Å². The largest absolute Gasteiger partial charge is 0.318 e. The highest BCUT2D eigenvalue weighted by Crippen LogP contribution is 2.31. The third kappa shape index (κ3) is 2.03. The zero-order valence-electron chi connectivity index (χ0n) is 12.5. The van der Waals surface area contributed by atoms with E-state index in [-0.39, 0.29) is 5.56 Å². The molecule has 0 amide bonds. The Hall–Kier alpha value is -2.73. The minimum atomic E-state index is -0.153. The lowest BCUT2D eigenvalue weighted by Gasteiger charge is -2.10. The molecule has 0 fully saturated rings. The van der Waals surface area contributed by atoms with Crippen LogP contribution in [0.5, 0.6) is 0 Å². The van der Waals surface area contributed by atoms with Gasteiger partial charge >= 0.3 is 0 Å². The van der Waals surface area contributed by atoms with Gasteiger partial charge in [-0.1, -0.05) is 29.8 Å². The maximum Gasteiger partial charge on any atom is 0.261 e. The van der Waals surface area contributed by atoms with Crippen molar-refractivity contribution in [3.05, 3.63) is 57.7 Å². The molecule has 0 saturated carbocycles. The Morgan fingerprint density at radius 1 is 1.13 bits per heavy atom. The SMILES string of the molecule is Cc1nc2nc3ccn(C)c(=O)c3c(-c3ccccc3Cl)n2n1. The van der Waals surface area contributed by atoms with Gasteiger partial charge in [0, 0.05) is 23.8 Å². The van der Waals surface area contributed by atoms with Gasteiger partial charge in [0.05, 0.1) is 16.6 Å². The first-order valence-corrected chi connectivity index (χ1v) is 7.41. The summed E-state index contributed by atoms with van der Waals surface area (Å²) in [5.41, 5.74) is 1.75. The topological polar surface area (TPSA) is 65.1 Å². The minimum absolute atomic E-state index is 0.153. The lowest BCUT2D eigenvalue weighted by atomic mass is 10.1. The van der Waals surface area contributed by atoms with Crippen LogP contribution in [0.4, 0.5) is 0 Å². The molecule has 3 heterocycles. The van der Waals surface area contributed by atoms with Crippen molar-refractivity contribution in [3.63, 3.8) is 0 Å². The lowest BCUT2D eigenvalue weighted by Crippen LogP contribution is -2.18. The maximum absolute atomic E-state index is 12.7. The molecule has 0 saturated heterocycles. The molecular weight excluding hydrogens is 314 g/mol. The van der Waals surface area contributed by atoms with E-state index in [0.29, 0.717) is 33.2 Å². The van der Waals surface area contributed by atoms with E-state index < -0.39 is 0 Å². The molecule has 1 aromatic carbocycles. The number of fused-ring (bicyclic) bond motifs is 2. The molecule has 0 aliphatic heterocycles. The Morgan fingerprint density at radius 2 is 1.91 bits per heavy atom. The summed E-state index contributed by atoms with van der Waals surface area (Å²) in [6.07, 6.45) is 1.69. The quantitative estimate of drug-likeness (QED) is 0.539. The molecule has 0 bridgehead atoms. The highest BCUT2D eigenvalue weighted by atomic mass is 35.5. The summed E-state index contributed by atoms with van der Waals surface area (Å²) < 4.78 is 3.10. The van der Waals surface area contributed by atoms with Crippen LogP contribution in [0.3, 0.4) is 0 Å². The van der Waals surface area contributed by atoms with Crippen LogP contribution in [0.2, 0.25) is 5.02 Å². The summed E-state index contributed by atoms with van der Waals surface area (Å²) in [7, 11) is 1.70. The van der Waals surface area contributed by atoms with Crippen LogP contribution in [-0.4, -0.2) is 24.1 Å². The molecule has 4 rings (SSSR count). The Balaban J connectivity index is 2.32. The number of aryl methyl sites for hydroxylation is 2. The van der Waals surface area contributed by atoms with Crippen molar-refractivity contribution >= 4 is 28.3 Å². The van der Waals surface area contributed by atoms with Gasteiger partial charge < -0.3 is 4.57 Å². The van der Waals surface area contributed by atoms with Crippen molar-refractivity contribution in [1.29, 1.82) is 0 Å². The maximum atomic E-state index is 12.7. The van der Waals surface area contributed by atoms with E-state index in [0.717, 1.165) is 5.56 Å². The Morgan fingerprint density at radius 3 is 2.70 bits per heavy atom. The zero-order valence-corrected chi connectivity index (χ0v) is 13.2. The smallest absolute Gasteiger partial charge is 0.261 e. The predicted molar refractivity (Wildman–Crippen MR) is 88.7 cm³/mol. The number of hydrogen-bond acceptors (Lipinski definition) is 4. The van der Waals surface area contributed by atoms with Crippen molar-refractivity contribution in [2.75, 3.05) is 0 Å². The second kappa shape index (κ2) is 4.89. The van der Waals surface area contributed by atoms with Crippen LogP contribution >= 0.6 is 11.6 Å². The predicted octanol–water partition coefficient (Wildman–Crippen LogP) is 2.61. The van der Waals surface area contributed by atoms with Crippen LogP contribution in [0.25, 0.3) is 27.9 Å². The fourth-order valence-corrected chi connectivity index (χ4v) is 2.90. The molecule has 3 aromatic heterocycles. The van der Waals surface area contributed by atoms with E-state index in [1.165, 1.54) is 4.57 Å². The van der Waals surface area contributed by atoms with E-state index in [4.69, 9.17) is 11.6 Å². The van der Waals surface area contributed by atoms with Gasteiger partial charge in [0.25, 0.3) is 11.3 Å². The Labute approximate surface area is 136 Å². The van der Waals surface area contributed by atoms with Gasteiger partial charge in [0.2, 0.25) is 0 Å². The number of nitrogens with zero attached hydrogens (tertiary/aromatic N) is 5. The molecule has 23 heavy (non-hydrogen) atoms. The van der Waals surface area contributed by atoms with E-state index in [1.54, 1.807) is 36.8 Å². The number of pyridine rings is 1. The summed E-state index contributed by atoms with van der Waals surface area (Å²) in [5.74, 6) is 1.02. The molecular formula is C16H12ClN5O. The molecule has 0 N–H and O–H groups in total. The summed E-state index contributed by atoms with van der Waals surface area (Å²) in [5, 5.41) is 5.40. The lowest BCUT2D eigenvalue weighted by molar-refractivity contribution is 0.866.